The van der Waals surface area contributed by atoms with Crippen molar-refractivity contribution < 1.29 is 9.53 Å². The number of amides is 1. The first-order valence-corrected chi connectivity index (χ1v) is 4.71. The number of nitrogens with one attached hydrogen (secondary N) is 1. The Morgan fingerprint density at radius 1 is 1.60 bits per heavy atom. The Morgan fingerprint density at radius 2 is 2.20 bits per heavy atom. The monoisotopic (exact) mass is 208 g/mol. The second-order valence-electron chi connectivity index (χ2n) is 4.07. The van der Waals surface area contributed by atoms with Crippen molar-refractivity contribution >= 4 is 6.09 Å². The normalized spacial score (nSPS) is 12.1. The molecule has 1 atom stereocenters. The molecular formula is C11H16N2O2. The average molecular weight is 208 g/mol. The molecule has 15 heavy (non-hydrogen) atoms. The molecule has 0 aliphatic heterocycles. The molecule has 0 aromatic heterocycles. The lowest BCUT2D eigenvalue weighted by Gasteiger charge is -2.20. The zero-order chi connectivity index (χ0) is 11.9. The van der Waals surface area contributed by atoms with Crippen LogP contribution in [0, 0.1) is 23.7 Å². The van der Waals surface area contributed by atoms with Crippen LogP contribution >= 0.6 is 0 Å². The molecule has 4 nitrogen and oxygen atoms in total. The Labute approximate surface area is 90.6 Å². The highest BCUT2D eigenvalue weighted by molar-refractivity contribution is 5.68. The van der Waals surface area contributed by atoms with Crippen LogP contribution in [0.5, 0.6) is 0 Å². The largest absolute Gasteiger partial charge is 0.444 e. The Kier molecular flexibility index (Phi) is 5.26. The molecular weight excluding hydrogens is 192 g/mol. The molecule has 0 saturated heterocycles. The molecule has 0 fully saturated rings. The van der Waals surface area contributed by atoms with Gasteiger partial charge in [-0.3, -0.25) is 0 Å². The highest BCUT2D eigenvalue weighted by atomic mass is 16.6. The van der Waals surface area contributed by atoms with Crippen LogP contribution in [0.2, 0.25) is 0 Å². The molecule has 0 aliphatic carbocycles. The Hall–Kier alpha value is -1.68. The van der Waals surface area contributed by atoms with Crippen molar-refractivity contribution in [2.24, 2.45) is 0 Å². The lowest BCUT2D eigenvalue weighted by atomic mass is 10.2. The predicted molar refractivity (Wildman–Crippen MR) is 56.8 cm³/mol. The Bertz CT molecular complexity index is 291. The number of terminal acetylenes is 1. The number of nitriles is 1. The average Bonchev–Trinajstić information content (AvgIpc) is 2.09. The van der Waals surface area contributed by atoms with Gasteiger partial charge in [0.1, 0.15) is 11.6 Å². The first-order valence-electron chi connectivity index (χ1n) is 4.71. The van der Waals surface area contributed by atoms with Gasteiger partial charge < -0.3 is 10.1 Å². The van der Waals surface area contributed by atoms with Gasteiger partial charge in [-0.25, -0.2) is 4.79 Å². The van der Waals surface area contributed by atoms with E-state index in [2.05, 4.69) is 11.2 Å². The molecule has 4 heteroatoms. The second-order valence-corrected chi connectivity index (χ2v) is 4.07. The summed E-state index contributed by atoms with van der Waals surface area (Å²) in [6.45, 7) is 5.28. The van der Waals surface area contributed by atoms with Crippen molar-refractivity contribution in [1.82, 2.24) is 5.32 Å². The van der Waals surface area contributed by atoms with Gasteiger partial charge in [-0.1, -0.05) is 0 Å². The molecule has 0 aromatic carbocycles. The zero-order valence-electron chi connectivity index (χ0n) is 9.33. The van der Waals surface area contributed by atoms with Gasteiger partial charge >= 0.3 is 6.09 Å². The molecule has 0 saturated carbocycles. The third-order valence-electron chi connectivity index (χ3n) is 1.42. The van der Waals surface area contributed by atoms with Gasteiger partial charge in [-0.15, -0.1) is 12.3 Å². The first kappa shape index (κ1) is 13.3. The molecule has 0 rings (SSSR count). The van der Waals surface area contributed by atoms with E-state index in [4.69, 9.17) is 16.4 Å². The first-order chi connectivity index (χ1) is 6.89. The molecule has 0 spiro atoms. The van der Waals surface area contributed by atoms with Gasteiger partial charge in [0, 0.05) is 6.42 Å². The fourth-order valence-electron chi connectivity index (χ4n) is 0.846. The molecule has 82 valence electrons. The molecule has 1 amide bonds. The van der Waals surface area contributed by atoms with E-state index in [-0.39, 0.29) is 0 Å². The van der Waals surface area contributed by atoms with Crippen molar-refractivity contribution in [3.63, 3.8) is 0 Å². The fourth-order valence-corrected chi connectivity index (χ4v) is 0.846. The van der Waals surface area contributed by atoms with Crippen molar-refractivity contribution in [3.05, 3.63) is 0 Å². The maximum atomic E-state index is 11.3. The van der Waals surface area contributed by atoms with Crippen LogP contribution in [0.4, 0.5) is 4.79 Å². The van der Waals surface area contributed by atoms with E-state index in [1.807, 2.05) is 6.07 Å². The van der Waals surface area contributed by atoms with E-state index in [1.165, 1.54) is 0 Å². The quantitative estimate of drug-likeness (QED) is 0.719. The zero-order valence-corrected chi connectivity index (χ0v) is 9.33. The van der Waals surface area contributed by atoms with Gasteiger partial charge in [0.15, 0.2) is 0 Å². The Balaban J connectivity index is 4.05. The maximum Gasteiger partial charge on any atom is 0.408 e. The van der Waals surface area contributed by atoms with Gasteiger partial charge in [-0.05, 0) is 27.2 Å². The van der Waals surface area contributed by atoms with Crippen LogP contribution in [0.15, 0.2) is 0 Å². The smallest absolute Gasteiger partial charge is 0.408 e. The number of carbonyl (C=O) groups excluding carboxylic acids is 1. The standard InChI is InChI=1S/C11H16N2O2/c1-5-6-7-9(8-12)13-10(14)15-11(2,3)4/h1,9H,6-7H2,2-4H3,(H,13,14). The molecule has 1 unspecified atom stereocenters. The third-order valence-corrected chi connectivity index (χ3v) is 1.42. The van der Waals surface area contributed by atoms with E-state index in [0.29, 0.717) is 12.8 Å². The van der Waals surface area contributed by atoms with Gasteiger partial charge in [0.25, 0.3) is 0 Å². The van der Waals surface area contributed by atoms with E-state index < -0.39 is 17.7 Å². The number of ether oxygens (including phenoxy) is 1. The summed E-state index contributed by atoms with van der Waals surface area (Å²) in [5.41, 5.74) is -0.559. The molecule has 1 N–H and O–H groups in total. The summed E-state index contributed by atoms with van der Waals surface area (Å²) in [6.07, 6.45) is 5.36. The minimum atomic E-state index is -0.592. The highest BCUT2D eigenvalue weighted by Crippen LogP contribution is 2.07. The predicted octanol–water partition coefficient (Wildman–Crippen LogP) is 1.82. The van der Waals surface area contributed by atoms with Crippen molar-refractivity contribution in [2.45, 2.75) is 45.3 Å². The van der Waals surface area contributed by atoms with Crippen LogP contribution < -0.4 is 5.32 Å². The van der Waals surface area contributed by atoms with E-state index in [0.717, 1.165) is 0 Å². The van der Waals surface area contributed by atoms with Gasteiger partial charge in [-0.2, -0.15) is 5.26 Å². The lowest BCUT2D eigenvalue weighted by Crippen LogP contribution is -2.38. The number of alkyl carbamates (subject to hydrolysis) is 1. The van der Waals surface area contributed by atoms with E-state index in [9.17, 15) is 4.79 Å². The number of nitrogens with zero attached hydrogens (tertiary/aromatic N) is 1. The van der Waals surface area contributed by atoms with Gasteiger partial charge in [0.2, 0.25) is 0 Å². The summed E-state index contributed by atoms with van der Waals surface area (Å²) < 4.78 is 5.00. The van der Waals surface area contributed by atoms with E-state index in [1.54, 1.807) is 20.8 Å². The number of hydrogen-bond donors (Lipinski definition) is 1. The van der Waals surface area contributed by atoms with Gasteiger partial charge in [0.05, 0.1) is 6.07 Å². The molecule has 0 heterocycles. The minimum Gasteiger partial charge on any atom is -0.444 e. The maximum absolute atomic E-state index is 11.3. The number of hydrogen-bond acceptors (Lipinski definition) is 3. The third kappa shape index (κ3) is 7.40. The lowest BCUT2D eigenvalue weighted by molar-refractivity contribution is 0.0514. The summed E-state index contributed by atoms with van der Waals surface area (Å²) in [6, 6.07) is 1.36. The van der Waals surface area contributed by atoms with Crippen molar-refractivity contribution in [1.29, 1.82) is 5.26 Å². The van der Waals surface area contributed by atoms with Crippen LogP contribution in [0.1, 0.15) is 33.6 Å². The molecule has 0 bridgehead atoms. The van der Waals surface area contributed by atoms with Crippen molar-refractivity contribution in [3.8, 4) is 18.4 Å². The summed E-state index contributed by atoms with van der Waals surface area (Å²) in [5, 5.41) is 11.2. The number of carbonyl (C=O) groups is 1. The minimum absolute atomic E-state index is 0.437. The van der Waals surface area contributed by atoms with Crippen LogP contribution in [-0.2, 0) is 4.74 Å². The molecule has 0 radical (unpaired) electrons. The summed E-state index contributed by atoms with van der Waals surface area (Å²) in [5.74, 6) is 2.41. The number of rotatable bonds is 3. The van der Waals surface area contributed by atoms with Crippen LogP contribution in [0.25, 0.3) is 0 Å². The second kappa shape index (κ2) is 5.93. The summed E-state index contributed by atoms with van der Waals surface area (Å²) in [4.78, 5) is 11.3. The van der Waals surface area contributed by atoms with E-state index >= 15 is 0 Å². The fraction of sp³-hybridized carbons (Fsp3) is 0.636. The SMILES string of the molecule is C#CCCC(C#N)NC(=O)OC(C)(C)C. The highest BCUT2D eigenvalue weighted by Gasteiger charge is 2.18. The molecule has 0 aliphatic rings. The summed E-state index contributed by atoms with van der Waals surface area (Å²) in [7, 11) is 0. The molecule has 0 aromatic rings. The van der Waals surface area contributed by atoms with Crippen molar-refractivity contribution in [2.75, 3.05) is 0 Å². The van der Waals surface area contributed by atoms with Crippen LogP contribution in [-0.4, -0.2) is 17.7 Å². The topological polar surface area (TPSA) is 62.1 Å². The Morgan fingerprint density at radius 3 is 2.60 bits per heavy atom. The summed E-state index contributed by atoms with van der Waals surface area (Å²) >= 11 is 0. The van der Waals surface area contributed by atoms with Crippen LogP contribution in [0.3, 0.4) is 0 Å².